The van der Waals surface area contributed by atoms with Gasteiger partial charge in [0.15, 0.2) is 5.13 Å². The number of thiazole rings is 1. The Labute approximate surface area is 265 Å². The summed E-state index contributed by atoms with van der Waals surface area (Å²) in [5.41, 5.74) is 1.28. The van der Waals surface area contributed by atoms with Gasteiger partial charge in [-0.3, -0.25) is 9.46 Å². The van der Waals surface area contributed by atoms with Gasteiger partial charge in [0, 0.05) is 43.5 Å². The number of carbonyl (C=O) groups is 1. The minimum atomic E-state index is -3.14. The Morgan fingerprint density at radius 3 is 2.50 bits per heavy atom. The molecule has 0 unspecified atom stereocenters. The number of piperazine rings is 1. The van der Waals surface area contributed by atoms with Crippen molar-refractivity contribution >= 4 is 58.9 Å². The van der Waals surface area contributed by atoms with Crippen LogP contribution < -0.4 is 39.8 Å². The molecule has 0 spiro atoms. The van der Waals surface area contributed by atoms with Crippen molar-refractivity contribution in [1.82, 2.24) is 19.9 Å². The van der Waals surface area contributed by atoms with Gasteiger partial charge in [-0.05, 0) is 33.8 Å². The normalized spacial score (nSPS) is 14.1. The van der Waals surface area contributed by atoms with E-state index < -0.39 is 13.5 Å². The average Bonchev–Trinajstić information content (AvgIpc) is 3.35. The molecule has 1 aliphatic rings. The first-order valence-corrected chi connectivity index (χ1v) is 15.6. The zero-order valence-electron chi connectivity index (χ0n) is 23.4. The molecule has 15 heteroatoms. The number of nitrogens with zero attached hydrogens (tertiary/aromatic N) is 6. The van der Waals surface area contributed by atoms with Crippen LogP contribution in [0.15, 0.2) is 30.5 Å². The third-order valence-corrected chi connectivity index (χ3v) is 9.15. The first-order valence-electron chi connectivity index (χ1n) is 12.6. The largest absolute Gasteiger partial charge is 1.00 e. The summed E-state index contributed by atoms with van der Waals surface area (Å²) in [6.07, 6.45) is 1.76. The van der Waals surface area contributed by atoms with E-state index in [2.05, 4.69) is 35.4 Å². The fourth-order valence-electron chi connectivity index (χ4n) is 4.12. The molecule has 0 saturated carbocycles. The van der Waals surface area contributed by atoms with Gasteiger partial charge in [0.25, 0.3) is 0 Å². The van der Waals surface area contributed by atoms with Gasteiger partial charge in [-0.25, -0.2) is 15.0 Å². The predicted octanol–water partition coefficient (Wildman–Crippen LogP) is 3.14. The Morgan fingerprint density at radius 1 is 1.15 bits per heavy atom. The number of amides is 1. The van der Waals surface area contributed by atoms with Gasteiger partial charge in [-0.2, -0.15) is 0 Å². The molecule has 4 rings (SSSR count). The Balaban J connectivity index is 0.00000441. The summed E-state index contributed by atoms with van der Waals surface area (Å²) in [5.74, 6) is 1.54. The standard InChI is InChI=1S/C25H33ClN7O4PS.Na/c1-5-36-38(35,37-6-2)16-32-10-12-33(13-11-32)22-14-21(28-18(4)29-22)30-25-27-15-20(39-25)24(34)31-23-17(3)8-7-9-19(23)26;/h7-9,14-15H,5-6,10-13,16H2,1-4H3,(H2,27,28,29,30,31,34);/q;+1/p-1. The zero-order valence-corrected chi connectivity index (χ0v) is 27.9. The Hall–Kier alpha value is -1.60. The Kier molecular flexibility index (Phi) is 12.4. The van der Waals surface area contributed by atoms with Crippen molar-refractivity contribution in [2.45, 2.75) is 27.7 Å². The van der Waals surface area contributed by atoms with Gasteiger partial charge >= 0.3 is 37.2 Å². The van der Waals surface area contributed by atoms with Crippen LogP contribution in [0.25, 0.3) is 5.32 Å². The quantitative estimate of drug-likeness (QED) is 0.254. The molecule has 40 heavy (non-hydrogen) atoms. The maximum Gasteiger partial charge on any atom is 1.00 e. The van der Waals surface area contributed by atoms with Crippen LogP contribution in [0.1, 0.15) is 34.9 Å². The smallest absolute Gasteiger partial charge is 0.621 e. The third-order valence-electron chi connectivity index (χ3n) is 5.90. The number of halogens is 1. The molecule has 0 aliphatic carbocycles. The van der Waals surface area contributed by atoms with Crippen LogP contribution in [0.5, 0.6) is 0 Å². The van der Waals surface area contributed by atoms with Crippen LogP contribution in [-0.4, -0.2) is 71.4 Å². The van der Waals surface area contributed by atoms with E-state index >= 15 is 0 Å². The topological polar surface area (TPSA) is 124 Å². The summed E-state index contributed by atoms with van der Waals surface area (Å²) in [5, 5.41) is 8.31. The van der Waals surface area contributed by atoms with Crippen LogP contribution in [0.3, 0.4) is 0 Å². The van der Waals surface area contributed by atoms with E-state index in [0.29, 0.717) is 71.8 Å². The van der Waals surface area contributed by atoms with Crippen molar-refractivity contribution in [3.8, 4) is 0 Å². The van der Waals surface area contributed by atoms with Crippen LogP contribution in [-0.2, 0) is 13.6 Å². The summed E-state index contributed by atoms with van der Waals surface area (Å²) in [7, 11) is -3.14. The number of benzene rings is 1. The molecular formula is C25H32ClN7NaO4PS. The molecule has 1 aromatic carbocycles. The van der Waals surface area contributed by atoms with Gasteiger partial charge < -0.3 is 29.4 Å². The second kappa shape index (κ2) is 15.0. The van der Waals surface area contributed by atoms with Crippen molar-refractivity contribution in [2.24, 2.45) is 0 Å². The molecule has 1 saturated heterocycles. The summed E-state index contributed by atoms with van der Waals surface area (Å²) in [6, 6.07) is 7.23. The van der Waals surface area contributed by atoms with Crippen molar-refractivity contribution < 1.29 is 48.0 Å². The molecule has 3 heterocycles. The molecule has 2 aromatic heterocycles. The second-order valence-electron chi connectivity index (χ2n) is 8.83. The molecular weight excluding hydrogens is 584 g/mol. The molecule has 0 atom stereocenters. The number of para-hydroxylation sites is 1. The SMILES string of the molecule is CCOP(=O)(CN1CCN(c2cc(Nc3ncc(C(=O)[N-]c4c(C)cccc4Cl)s3)nc(C)n2)CC1)OCC.[Na+]. The maximum absolute atomic E-state index is 12.9. The molecule has 1 fully saturated rings. The number of hydrogen-bond acceptors (Lipinski definition) is 11. The second-order valence-corrected chi connectivity index (χ2v) is 12.3. The van der Waals surface area contributed by atoms with Gasteiger partial charge in [0.2, 0.25) is 0 Å². The molecule has 1 aliphatic heterocycles. The zero-order chi connectivity index (χ0) is 28.0. The number of anilines is 3. The van der Waals surface area contributed by atoms with Crippen molar-refractivity contribution in [1.29, 1.82) is 0 Å². The van der Waals surface area contributed by atoms with Crippen LogP contribution in [0, 0.1) is 13.8 Å². The molecule has 0 radical (unpaired) electrons. The van der Waals surface area contributed by atoms with E-state index in [-0.39, 0.29) is 35.8 Å². The van der Waals surface area contributed by atoms with E-state index in [0.717, 1.165) is 11.4 Å². The first-order chi connectivity index (χ1) is 18.7. The number of carbonyl (C=O) groups excluding carboxylic acids is 1. The number of aryl methyl sites for hydroxylation is 2. The number of rotatable bonds is 11. The van der Waals surface area contributed by atoms with Crippen LogP contribution in [0.4, 0.5) is 22.5 Å². The predicted molar refractivity (Wildman–Crippen MR) is 155 cm³/mol. The third kappa shape index (κ3) is 8.70. The Morgan fingerprint density at radius 2 is 1.85 bits per heavy atom. The molecule has 1 N–H and O–H groups in total. The molecule has 1 amide bonds. The van der Waals surface area contributed by atoms with Crippen molar-refractivity contribution in [3.63, 3.8) is 0 Å². The fraction of sp³-hybridized carbons (Fsp3) is 0.440. The van der Waals surface area contributed by atoms with Gasteiger partial charge in [-0.15, -0.1) is 5.69 Å². The van der Waals surface area contributed by atoms with E-state index in [1.54, 1.807) is 6.07 Å². The van der Waals surface area contributed by atoms with Crippen molar-refractivity contribution in [2.75, 3.05) is 55.9 Å². The van der Waals surface area contributed by atoms with Gasteiger partial charge in [0.05, 0.1) is 24.0 Å². The monoisotopic (exact) mass is 615 g/mol. The molecule has 3 aromatic rings. The molecule has 11 nitrogen and oxygen atoms in total. The minimum absolute atomic E-state index is 0. The first kappa shape index (κ1) is 32.9. The number of nitrogens with one attached hydrogen (secondary N) is 1. The Bertz CT molecular complexity index is 1330. The van der Waals surface area contributed by atoms with Crippen LogP contribution >= 0.6 is 30.5 Å². The molecule has 210 valence electrons. The minimum Gasteiger partial charge on any atom is -0.621 e. The van der Waals surface area contributed by atoms with Gasteiger partial charge in [-0.1, -0.05) is 40.6 Å². The van der Waals surface area contributed by atoms with Gasteiger partial charge in [0.1, 0.15) is 23.7 Å². The van der Waals surface area contributed by atoms with Crippen LogP contribution in [0.2, 0.25) is 5.02 Å². The summed E-state index contributed by atoms with van der Waals surface area (Å²) in [4.78, 5) is 30.8. The average molecular weight is 616 g/mol. The van der Waals surface area contributed by atoms with Crippen molar-refractivity contribution in [3.05, 3.63) is 57.1 Å². The fourth-order valence-corrected chi connectivity index (χ4v) is 6.88. The number of hydrogen-bond donors (Lipinski definition) is 1. The molecule has 0 bridgehead atoms. The van der Waals surface area contributed by atoms with E-state index in [1.807, 2.05) is 45.9 Å². The number of aromatic nitrogens is 3. The van der Waals surface area contributed by atoms with E-state index in [9.17, 15) is 9.36 Å². The summed E-state index contributed by atoms with van der Waals surface area (Å²) < 4.78 is 23.8. The van der Waals surface area contributed by atoms with E-state index in [4.69, 9.17) is 20.6 Å². The summed E-state index contributed by atoms with van der Waals surface area (Å²) in [6.45, 7) is 10.8. The summed E-state index contributed by atoms with van der Waals surface area (Å²) >= 11 is 7.40. The van der Waals surface area contributed by atoms with E-state index in [1.165, 1.54) is 17.5 Å². The maximum atomic E-state index is 12.9.